The number of allylic oxidation sites excluding steroid dienone is 1. The van der Waals surface area contributed by atoms with Crippen LogP contribution >= 0.6 is 0 Å². The molecule has 1 N–H and O–H groups in total. The summed E-state index contributed by atoms with van der Waals surface area (Å²) in [6.45, 7) is 14.7. The van der Waals surface area contributed by atoms with Crippen LogP contribution in [0.1, 0.15) is 18.1 Å². The summed E-state index contributed by atoms with van der Waals surface area (Å²) in [5.74, 6) is 4.83. The van der Waals surface area contributed by atoms with E-state index in [4.69, 9.17) is 0 Å². The van der Waals surface area contributed by atoms with Crippen LogP contribution in [0.2, 0.25) is 0 Å². The normalized spacial score (nSPS) is 13.4. The highest BCUT2D eigenvalue weighted by molar-refractivity contribution is 5.82. The van der Waals surface area contributed by atoms with Crippen LogP contribution in [0, 0.1) is 17.8 Å². The van der Waals surface area contributed by atoms with Gasteiger partial charge in [0.25, 0.3) is 0 Å². The lowest BCUT2D eigenvalue weighted by Crippen LogP contribution is -2.41. The standard InChI is InChI=1S/C21H23NO2/c1-5-9-11-14-17(6-2)21(24)22(8-4)19(7-3)20(23)18-15-12-10-13-16-18/h5-8,10,12-13,15-17,19-20,23H,1-4,14H2/t17-,19+,20+/m0/s1. The molecule has 0 fully saturated rings. The molecule has 0 aliphatic rings. The first kappa shape index (κ1) is 19.2. The Kier molecular flexibility index (Phi) is 8.04. The number of benzene rings is 1. The van der Waals surface area contributed by atoms with Gasteiger partial charge in [0.05, 0.1) is 12.0 Å². The van der Waals surface area contributed by atoms with E-state index in [2.05, 4.69) is 38.2 Å². The summed E-state index contributed by atoms with van der Waals surface area (Å²) >= 11 is 0. The first-order valence-corrected chi connectivity index (χ1v) is 7.62. The van der Waals surface area contributed by atoms with Crippen LogP contribution in [0.5, 0.6) is 0 Å². The second-order valence-corrected chi connectivity index (χ2v) is 5.08. The number of nitrogens with zero attached hydrogens (tertiary/aromatic N) is 1. The summed E-state index contributed by atoms with van der Waals surface area (Å²) in [6, 6.07) is 8.49. The molecule has 1 aromatic rings. The molecular weight excluding hydrogens is 298 g/mol. The van der Waals surface area contributed by atoms with E-state index in [-0.39, 0.29) is 5.91 Å². The second-order valence-electron chi connectivity index (χ2n) is 5.08. The van der Waals surface area contributed by atoms with Crippen LogP contribution in [0.3, 0.4) is 0 Å². The van der Waals surface area contributed by atoms with E-state index in [0.29, 0.717) is 12.0 Å². The molecule has 0 saturated carbocycles. The predicted molar refractivity (Wildman–Crippen MR) is 98.7 cm³/mol. The van der Waals surface area contributed by atoms with Gasteiger partial charge in [-0.25, -0.2) is 0 Å². The van der Waals surface area contributed by atoms with Crippen LogP contribution in [0.4, 0.5) is 0 Å². The number of carbonyl (C=O) groups excluding carboxylic acids is 1. The lowest BCUT2D eigenvalue weighted by atomic mass is 9.98. The van der Waals surface area contributed by atoms with Gasteiger partial charge in [0.2, 0.25) is 5.91 Å². The summed E-state index contributed by atoms with van der Waals surface area (Å²) in [7, 11) is 0. The molecule has 0 spiro atoms. The van der Waals surface area contributed by atoms with Crippen molar-refractivity contribution in [1.82, 2.24) is 4.90 Å². The highest BCUT2D eigenvalue weighted by Crippen LogP contribution is 2.24. The molecule has 0 aliphatic carbocycles. The van der Waals surface area contributed by atoms with Gasteiger partial charge in [-0.05, 0) is 11.6 Å². The molecule has 24 heavy (non-hydrogen) atoms. The van der Waals surface area contributed by atoms with Crippen molar-refractivity contribution in [2.24, 2.45) is 5.92 Å². The van der Waals surface area contributed by atoms with Gasteiger partial charge in [0, 0.05) is 12.6 Å². The summed E-state index contributed by atoms with van der Waals surface area (Å²) in [5.41, 5.74) is 0.698. The number of hydrogen-bond donors (Lipinski definition) is 1. The van der Waals surface area contributed by atoms with E-state index >= 15 is 0 Å². The highest BCUT2D eigenvalue weighted by atomic mass is 16.3. The number of carbonyl (C=O) groups is 1. The van der Waals surface area contributed by atoms with Crippen LogP contribution < -0.4 is 0 Å². The largest absolute Gasteiger partial charge is 0.386 e. The Balaban J connectivity index is 3.04. The summed E-state index contributed by atoms with van der Waals surface area (Å²) in [6.07, 6.45) is 5.37. The van der Waals surface area contributed by atoms with Crippen LogP contribution in [-0.2, 0) is 4.79 Å². The Morgan fingerprint density at radius 2 is 1.83 bits per heavy atom. The fourth-order valence-electron chi connectivity index (χ4n) is 2.30. The van der Waals surface area contributed by atoms with Crippen molar-refractivity contribution in [3.05, 3.63) is 86.6 Å². The lowest BCUT2D eigenvalue weighted by Gasteiger charge is -2.32. The Morgan fingerprint density at radius 1 is 1.17 bits per heavy atom. The summed E-state index contributed by atoms with van der Waals surface area (Å²) in [5, 5.41) is 10.6. The van der Waals surface area contributed by atoms with E-state index in [9.17, 15) is 9.90 Å². The average molecular weight is 321 g/mol. The van der Waals surface area contributed by atoms with Crippen molar-refractivity contribution >= 4 is 5.91 Å². The van der Waals surface area contributed by atoms with E-state index in [1.807, 2.05) is 18.2 Å². The van der Waals surface area contributed by atoms with Gasteiger partial charge >= 0.3 is 0 Å². The smallest absolute Gasteiger partial charge is 0.235 e. The van der Waals surface area contributed by atoms with Crippen molar-refractivity contribution in [3.8, 4) is 11.8 Å². The third-order valence-electron chi connectivity index (χ3n) is 3.61. The quantitative estimate of drug-likeness (QED) is 0.587. The third kappa shape index (κ3) is 4.84. The van der Waals surface area contributed by atoms with Crippen molar-refractivity contribution < 1.29 is 9.90 Å². The second kappa shape index (κ2) is 10.0. The molecule has 1 aromatic carbocycles. The number of aliphatic hydroxyl groups excluding tert-OH is 1. The molecule has 0 unspecified atom stereocenters. The van der Waals surface area contributed by atoms with Gasteiger partial charge in [-0.1, -0.05) is 67.5 Å². The zero-order valence-electron chi connectivity index (χ0n) is 13.8. The molecule has 0 bridgehead atoms. The lowest BCUT2D eigenvalue weighted by molar-refractivity contribution is -0.134. The van der Waals surface area contributed by atoms with E-state index in [1.165, 1.54) is 23.3 Å². The van der Waals surface area contributed by atoms with Gasteiger partial charge in [-0.15, -0.1) is 13.2 Å². The third-order valence-corrected chi connectivity index (χ3v) is 3.61. The Hall–Kier alpha value is -2.83. The van der Waals surface area contributed by atoms with E-state index in [0.717, 1.165) is 0 Å². The maximum absolute atomic E-state index is 12.8. The van der Waals surface area contributed by atoms with Gasteiger partial charge in [-0.3, -0.25) is 4.79 Å². The van der Waals surface area contributed by atoms with Gasteiger partial charge in [0.15, 0.2) is 0 Å². The van der Waals surface area contributed by atoms with Crippen molar-refractivity contribution in [1.29, 1.82) is 0 Å². The van der Waals surface area contributed by atoms with Crippen molar-refractivity contribution in [2.75, 3.05) is 0 Å². The molecule has 0 saturated heterocycles. The Morgan fingerprint density at radius 3 is 2.33 bits per heavy atom. The molecule has 124 valence electrons. The molecule has 3 atom stereocenters. The monoisotopic (exact) mass is 321 g/mol. The first-order valence-electron chi connectivity index (χ1n) is 7.62. The zero-order valence-corrected chi connectivity index (χ0v) is 13.8. The molecular formula is C21H23NO2. The highest BCUT2D eigenvalue weighted by Gasteiger charge is 2.29. The fourth-order valence-corrected chi connectivity index (χ4v) is 2.30. The van der Waals surface area contributed by atoms with Crippen LogP contribution in [0.15, 0.2) is 81.1 Å². The molecule has 0 aromatic heterocycles. The van der Waals surface area contributed by atoms with Crippen molar-refractivity contribution in [2.45, 2.75) is 18.6 Å². The number of hydrogen-bond acceptors (Lipinski definition) is 2. The summed E-state index contributed by atoms with van der Waals surface area (Å²) < 4.78 is 0. The van der Waals surface area contributed by atoms with Crippen LogP contribution in [-0.4, -0.2) is 22.0 Å². The maximum atomic E-state index is 12.8. The first-order chi connectivity index (χ1) is 11.6. The molecule has 1 amide bonds. The molecule has 0 heterocycles. The van der Waals surface area contributed by atoms with Crippen LogP contribution in [0.25, 0.3) is 0 Å². The summed E-state index contributed by atoms with van der Waals surface area (Å²) in [4.78, 5) is 14.1. The molecule has 0 radical (unpaired) electrons. The predicted octanol–water partition coefficient (Wildman–Crippen LogP) is 3.63. The average Bonchev–Trinajstić information content (AvgIpc) is 2.63. The van der Waals surface area contributed by atoms with Gasteiger partial charge < -0.3 is 10.0 Å². The number of amides is 1. The topological polar surface area (TPSA) is 40.5 Å². The fraction of sp³-hybridized carbons (Fsp3) is 0.190. The number of rotatable bonds is 8. The minimum atomic E-state index is -0.907. The van der Waals surface area contributed by atoms with Gasteiger partial charge in [0.1, 0.15) is 6.10 Å². The Bertz CT molecular complexity index is 651. The number of aliphatic hydroxyl groups is 1. The molecule has 0 aliphatic heterocycles. The Labute approximate surface area is 144 Å². The zero-order chi connectivity index (χ0) is 17.9. The SMILES string of the molecule is C=CC#CC[C@H](C=C)C(=O)N(C=C)[C@H](C=C)[C@H](O)c1ccccc1. The van der Waals surface area contributed by atoms with Gasteiger partial charge in [-0.2, -0.15) is 0 Å². The van der Waals surface area contributed by atoms with Crippen molar-refractivity contribution in [3.63, 3.8) is 0 Å². The minimum absolute atomic E-state index is 0.238. The maximum Gasteiger partial charge on any atom is 0.235 e. The molecule has 3 heteroatoms. The minimum Gasteiger partial charge on any atom is -0.386 e. The van der Waals surface area contributed by atoms with E-state index < -0.39 is 18.1 Å². The molecule has 1 rings (SSSR count). The molecule has 3 nitrogen and oxygen atoms in total. The van der Waals surface area contributed by atoms with E-state index in [1.54, 1.807) is 18.2 Å².